The maximum Gasteiger partial charge on any atom is 0.245 e. The second kappa shape index (κ2) is 8.47. The van der Waals surface area contributed by atoms with Crippen molar-refractivity contribution in [1.29, 1.82) is 0 Å². The van der Waals surface area contributed by atoms with Crippen LogP contribution in [0.5, 0.6) is 0 Å². The number of hydrogen-bond donors (Lipinski definition) is 5. The summed E-state index contributed by atoms with van der Waals surface area (Å²) in [5.41, 5.74) is 5.24. The first-order valence-electron chi connectivity index (χ1n) is 7.54. The van der Waals surface area contributed by atoms with Gasteiger partial charge in [-0.25, -0.2) is 0 Å². The molecule has 0 aromatic heterocycles. The summed E-state index contributed by atoms with van der Waals surface area (Å²) in [4.78, 5) is 46.5. The van der Waals surface area contributed by atoms with Gasteiger partial charge in [0.1, 0.15) is 18.1 Å². The number of hydrogen-bond acceptors (Lipinski definition) is 5. The summed E-state index contributed by atoms with van der Waals surface area (Å²) < 4.78 is 0. The molecule has 1 aliphatic heterocycles. The number of primary amides is 1. The average molecular weight is 328 g/mol. The van der Waals surface area contributed by atoms with Crippen LogP contribution in [-0.2, 0) is 19.2 Å². The molecule has 1 rings (SSSR count). The molecule has 0 unspecified atom stereocenters. The predicted molar refractivity (Wildman–Crippen MR) is 80.8 cm³/mol. The Bertz CT molecular complexity index is 480. The molecule has 3 atom stereocenters. The molecule has 1 heterocycles. The molecule has 1 fully saturated rings. The van der Waals surface area contributed by atoms with Crippen molar-refractivity contribution >= 4 is 23.6 Å². The summed E-state index contributed by atoms with van der Waals surface area (Å²) >= 11 is 0. The molecule has 0 aromatic carbocycles. The van der Waals surface area contributed by atoms with Gasteiger partial charge in [0, 0.05) is 6.42 Å². The van der Waals surface area contributed by atoms with Gasteiger partial charge in [-0.1, -0.05) is 13.8 Å². The Kier molecular flexibility index (Phi) is 6.95. The van der Waals surface area contributed by atoms with Crippen LogP contribution in [0, 0.1) is 5.92 Å². The Hall–Kier alpha value is -2.16. The fourth-order valence-electron chi connectivity index (χ4n) is 2.27. The van der Waals surface area contributed by atoms with E-state index in [-0.39, 0.29) is 18.2 Å². The first-order valence-corrected chi connectivity index (χ1v) is 7.54. The lowest BCUT2D eigenvalue weighted by Crippen LogP contribution is -2.56. The lowest BCUT2D eigenvalue weighted by atomic mass is 10.0. The number of carbonyl (C=O) groups is 4. The van der Waals surface area contributed by atoms with E-state index in [1.54, 1.807) is 0 Å². The summed E-state index contributed by atoms with van der Waals surface area (Å²) in [5, 5.41) is 16.5. The maximum absolute atomic E-state index is 12.1. The van der Waals surface area contributed by atoms with Crippen LogP contribution in [0.1, 0.15) is 33.1 Å². The Morgan fingerprint density at radius 2 is 1.96 bits per heavy atom. The van der Waals surface area contributed by atoms with E-state index < -0.39 is 42.5 Å². The number of aliphatic hydroxyl groups excluding tert-OH is 1. The highest BCUT2D eigenvalue weighted by molar-refractivity contribution is 5.95. The number of carbonyl (C=O) groups excluding carboxylic acids is 4. The minimum Gasteiger partial charge on any atom is -0.394 e. The molecule has 0 bridgehead atoms. The van der Waals surface area contributed by atoms with Crippen LogP contribution in [0.3, 0.4) is 0 Å². The van der Waals surface area contributed by atoms with Gasteiger partial charge in [0.15, 0.2) is 0 Å². The monoisotopic (exact) mass is 328 g/mol. The first kappa shape index (κ1) is 18.9. The third kappa shape index (κ3) is 5.85. The van der Waals surface area contributed by atoms with Gasteiger partial charge < -0.3 is 26.8 Å². The Morgan fingerprint density at radius 3 is 2.39 bits per heavy atom. The zero-order valence-corrected chi connectivity index (χ0v) is 13.3. The van der Waals surface area contributed by atoms with Crippen molar-refractivity contribution in [2.75, 3.05) is 6.61 Å². The lowest BCUT2D eigenvalue weighted by molar-refractivity contribution is -0.133. The van der Waals surface area contributed by atoms with E-state index >= 15 is 0 Å². The molecule has 130 valence electrons. The van der Waals surface area contributed by atoms with Crippen LogP contribution in [0.2, 0.25) is 0 Å². The van der Waals surface area contributed by atoms with Crippen LogP contribution in [0.4, 0.5) is 0 Å². The average Bonchev–Trinajstić information content (AvgIpc) is 2.89. The molecule has 0 spiro atoms. The van der Waals surface area contributed by atoms with Gasteiger partial charge >= 0.3 is 0 Å². The number of rotatable bonds is 8. The molecule has 9 heteroatoms. The Morgan fingerprint density at radius 1 is 1.30 bits per heavy atom. The predicted octanol–water partition coefficient (Wildman–Crippen LogP) is -2.24. The molecule has 1 aliphatic rings. The summed E-state index contributed by atoms with van der Waals surface area (Å²) in [6, 6.07) is -2.80. The van der Waals surface area contributed by atoms with E-state index in [0.717, 1.165) is 0 Å². The van der Waals surface area contributed by atoms with E-state index in [1.165, 1.54) is 0 Å². The van der Waals surface area contributed by atoms with Crippen molar-refractivity contribution in [2.24, 2.45) is 11.7 Å². The fraction of sp³-hybridized carbons (Fsp3) is 0.714. The van der Waals surface area contributed by atoms with Crippen LogP contribution >= 0.6 is 0 Å². The molecule has 6 N–H and O–H groups in total. The molecule has 0 radical (unpaired) electrons. The molecule has 0 aromatic rings. The molecular weight excluding hydrogens is 304 g/mol. The molecule has 9 nitrogen and oxygen atoms in total. The van der Waals surface area contributed by atoms with Crippen molar-refractivity contribution in [1.82, 2.24) is 16.0 Å². The number of nitrogens with two attached hydrogens (primary N) is 1. The second-order valence-electron chi connectivity index (χ2n) is 6.00. The molecule has 1 saturated heterocycles. The maximum atomic E-state index is 12.1. The number of amides is 4. The van der Waals surface area contributed by atoms with Gasteiger partial charge in [-0.05, 0) is 18.8 Å². The van der Waals surface area contributed by atoms with E-state index in [9.17, 15) is 24.3 Å². The summed E-state index contributed by atoms with van der Waals surface area (Å²) in [7, 11) is 0. The van der Waals surface area contributed by atoms with Gasteiger partial charge in [0.2, 0.25) is 23.6 Å². The number of nitrogens with one attached hydrogen (secondary N) is 3. The topological polar surface area (TPSA) is 151 Å². The number of aliphatic hydroxyl groups is 1. The highest BCUT2D eigenvalue weighted by Crippen LogP contribution is 2.07. The zero-order valence-electron chi connectivity index (χ0n) is 13.3. The SMILES string of the molecule is CC(C)C[C@H](NC(=O)[C@H](CO)NC(=O)[C@@H]1CCC(=O)N1)C(N)=O. The van der Waals surface area contributed by atoms with Crippen molar-refractivity contribution < 1.29 is 24.3 Å². The zero-order chi connectivity index (χ0) is 17.6. The van der Waals surface area contributed by atoms with Crippen LogP contribution in [0.25, 0.3) is 0 Å². The van der Waals surface area contributed by atoms with Crippen molar-refractivity contribution in [3.05, 3.63) is 0 Å². The standard InChI is InChI=1S/C14H24N4O5/c1-7(2)5-9(12(15)21)17-14(23)10(6-19)18-13(22)8-3-4-11(20)16-8/h7-10,19H,3-6H2,1-2H3,(H2,15,21)(H,16,20)(H,17,23)(H,18,22)/t8-,9-,10-/m0/s1. The highest BCUT2D eigenvalue weighted by Gasteiger charge is 2.31. The van der Waals surface area contributed by atoms with Crippen LogP contribution in [-0.4, -0.2) is 53.5 Å². The molecule has 23 heavy (non-hydrogen) atoms. The summed E-state index contributed by atoms with van der Waals surface area (Å²) in [6.07, 6.45) is 0.930. The molecule has 4 amide bonds. The minimum atomic E-state index is -1.21. The van der Waals surface area contributed by atoms with E-state index in [0.29, 0.717) is 12.8 Å². The van der Waals surface area contributed by atoms with E-state index in [2.05, 4.69) is 16.0 Å². The largest absolute Gasteiger partial charge is 0.394 e. The summed E-state index contributed by atoms with van der Waals surface area (Å²) in [5.74, 6) is -2.04. The molecular formula is C14H24N4O5. The Labute approximate surface area is 134 Å². The quantitative estimate of drug-likeness (QED) is 0.341. The van der Waals surface area contributed by atoms with Gasteiger partial charge in [-0.3, -0.25) is 19.2 Å². The third-order valence-corrected chi connectivity index (χ3v) is 3.49. The first-order chi connectivity index (χ1) is 10.7. The van der Waals surface area contributed by atoms with Crippen molar-refractivity contribution in [3.63, 3.8) is 0 Å². The van der Waals surface area contributed by atoms with Gasteiger partial charge in [0.05, 0.1) is 6.61 Å². The minimum absolute atomic E-state index is 0.128. The highest BCUT2D eigenvalue weighted by atomic mass is 16.3. The second-order valence-corrected chi connectivity index (χ2v) is 6.00. The van der Waals surface area contributed by atoms with Gasteiger partial charge in [-0.2, -0.15) is 0 Å². The fourth-order valence-corrected chi connectivity index (χ4v) is 2.27. The van der Waals surface area contributed by atoms with Gasteiger partial charge in [-0.15, -0.1) is 0 Å². The van der Waals surface area contributed by atoms with Crippen LogP contribution < -0.4 is 21.7 Å². The smallest absolute Gasteiger partial charge is 0.245 e. The summed E-state index contributed by atoms with van der Waals surface area (Å²) in [6.45, 7) is 3.11. The molecule has 0 aliphatic carbocycles. The van der Waals surface area contributed by atoms with Crippen molar-refractivity contribution in [3.8, 4) is 0 Å². The van der Waals surface area contributed by atoms with Crippen molar-refractivity contribution in [2.45, 2.75) is 51.2 Å². The van der Waals surface area contributed by atoms with E-state index in [4.69, 9.17) is 5.73 Å². The normalized spacial score (nSPS) is 19.8. The lowest BCUT2D eigenvalue weighted by Gasteiger charge is -2.22. The van der Waals surface area contributed by atoms with Gasteiger partial charge in [0.25, 0.3) is 0 Å². The van der Waals surface area contributed by atoms with Crippen LogP contribution in [0.15, 0.2) is 0 Å². The van der Waals surface area contributed by atoms with E-state index in [1.807, 2.05) is 13.8 Å². The third-order valence-electron chi connectivity index (χ3n) is 3.49. The Balaban J connectivity index is 2.61. The molecule has 0 saturated carbocycles.